The summed E-state index contributed by atoms with van der Waals surface area (Å²) in [5, 5.41) is 0. The monoisotopic (exact) mass is 527 g/mol. The molecule has 196 valence electrons. The molecule has 1 heterocycles. The summed E-state index contributed by atoms with van der Waals surface area (Å²) < 4.78 is 0. The Morgan fingerprint density at radius 1 is 0.463 bits per heavy atom. The second kappa shape index (κ2) is 9.07. The van der Waals surface area contributed by atoms with E-state index in [1.54, 1.807) is 0 Å². The van der Waals surface area contributed by atoms with Crippen LogP contribution in [0.4, 0.5) is 0 Å². The van der Waals surface area contributed by atoms with Crippen LogP contribution in [-0.4, -0.2) is 15.0 Å². The highest BCUT2D eigenvalue weighted by atomic mass is 15.0. The van der Waals surface area contributed by atoms with Crippen LogP contribution in [0.25, 0.3) is 56.4 Å². The maximum atomic E-state index is 4.98. The van der Waals surface area contributed by atoms with Gasteiger partial charge in [-0.1, -0.05) is 123 Å². The molecule has 0 bridgehead atoms. The molecule has 2 aliphatic rings. The van der Waals surface area contributed by atoms with Gasteiger partial charge in [0.05, 0.1) is 0 Å². The van der Waals surface area contributed by atoms with Crippen LogP contribution in [0.15, 0.2) is 115 Å². The molecule has 2 aliphatic carbocycles. The molecule has 0 fully saturated rings. The number of fused-ring (bicyclic) bond motifs is 7. The molecular weight excluding hydrogens is 498 g/mol. The molecule has 1 aromatic heterocycles. The third-order valence-electron chi connectivity index (χ3n) is 8.83. The predicted molar refractivity (Wildman–Crippen MR) is 167 cm³/mol. The summed E-state index contributed by atoms with van der Waals surface area (Å²) in [6.07, 6.45) is 2.03. The van der Waals surface area contributed by atoms with Crippen molar-refractivity contribution in [3.63, 3.8) is 0 Å². The maximum Gasteiger partial charge on any atom is 0.164 e. The Kier molecular flexibility index (Phi) is 5.30. The standard InChI is InChI=1S/C38H29N3/c1-38(2)31-16-10-9-15-30(31)34-32(38)22-20-24-17-18-27-23-28(19-21-29(27)33(24)34)37-40-35(25-11-5-3-6-12-25)39-36(41-37)26-13-7-4-8-14-26/h3-16,19-23H,17-18H2,1-2H3. The molecule has 0 atom stereocenters. The first-order valence-corrected chi connectivity index (χ1v) is 14.3. The first-order chi connectivity index (χ1) is 20.1. The van der Waals surface area contributed by atoms with Crippen molar-refractivity contribution in [2.24, 2.45) is 0 Å². The van der Waals surface area contributed by atoms with Crippen LogP contribution in [0.3, 0.4) is 0 Å². The van der Waals surface area contributed by atoms with E-state index in [2.05, 4.69) is 92.7 Å². The van der Waals surface area contributed by atoms with Gasteiger partial charge in [0, 0.05) is 22.1 Å². The molecule has 6 aromatic rings. The Balaban J connectivity index is 1.29. The van der Waals surface area contributed by atoms with Crippen LogP contribution in [0, 0.1) is 0 Å². The molecule has 0 unspecified atom stereocenters. The zero-order valence-electron chi connectivity index (χ0n) is 23.2. The van der Waals surface area contributed by atoms with Crippen LogP contribution in [0.5, 0.6) is 0 Å². The van der Waals surface area contributed by atoms with Gasteiger partial charge in [-0.25, -0.2) is 15.0 Å². The molecule has 0 spiro atoms. The van der Waals surface area contributed by atoms with Crippen molar-refractivity contribution in [3.05, 3.63) is 138 Å². The summed E-state index contributed by atoms with van der Waals surface area (Å²) in [7, 11) is 0. The molecule has 3 heteroatoms. The number of aryl methyl sites for hydroxylation is 2. The molecular formula is C38H29N3. The fraction of sp³-hybridized carbons (Fsp3) is 0.132. The minimum absolute atomic E-state index is 0.00886. The lowest BCUT2D eigenvalue weighted by Crippen LogP contribution is -2.15. The van der Waals surface area contributed by atoms with Gasteiger partial charge < -0.3 is 0 Å². The number of aromatic nitrogens is 3. The molecule has 0 amide bonds. The minimum Gasteiger partial charge on any atom is -0.208 e. The van der Waals surface area contributed by atoms with E-state index in [0.29, 0.717) is 17.5 Å². The van der Waals surface area contributed by atoms with Gasteiger partial charge in [0.15, 0.2) is 17.5 Å². The molecule has 41 heavy (non-hydrogen) atoms. The number of nitrogens with zero attached hydrogens (tertiary/aromatic N) is 3. The van der Waals surface area contributed by atoms with Crippen LogP contribution in [0.2, 0.25) is 0 Å². The van der Waals surface area contributed by atoms with Gasteiger partial charge in [-0.15, -0.1) is 0 Å². The second-order valence-electron chi connectivity index (χ2n) is 11.6. The van der Waals surface area contributed by atoms with E-state index in [0.717, 1.165) is 29.5 Å². The van der Waals surface area contributed by atoms with E-state index < -0.39 is 0 Å². The molecule has 8 rings (SSSR count). The number of hydrogen-bond acceptors (Lipinski definition) is 3. The Hall–Kier alpha value is -4.89. The van der Waals surface area contributed by atoms with E-state index in [4.69, 9.17) is 15.0 Å². The average Bonchev–Trinajstić information content (AvgIpc) is 3.27. The first-order valence-electron chi connectivity index (χ1n) is 14.3. The normalized spacial score (nSPS) is 14.1. The predicted octanol–water partition coefficient (Wildman–Crippen LogP) is 8.94. The third kappa shape index (κ3) is 3.76. The van der Waals surface area contributed by atoms with Crippen LogP contribution >= 0.6 is 0 Å². The summed E-state index contributed by atoms with van der Waals surface area (Å²) in [6.45, 7) is 4.71. The SMILES string of the molecule is CC1(C)c2ccccc2-c2c1ccc1c2-c2ccc(-c3nc(-c4ccccc4)nc(-c4ccccc4)n3)cc2CC1. The molecule has 3 nitrogen and oxygen atoms in total. The van der Waals surface area contributed by atoms with Crippen molar-refractivity contribution < 1.29 is 0 Å². The van der Waals surface area contributed by atoms with E-state index >= 15 is 0 Å². The molecule has 0 N–H and O–H groups in total. The van der Waals surface area contributed by atoms with E-state index in [1.165, 1.54) is 44.5 Å². The molecule has 0 saturated heterocycles. The highest BCUT2D eigenvalue weighted by molar-refractivity contribution is 5.96. The van der Waals surface area contributed by atoms with Crippen molar-refractivity contribution in [1.29, 1.82) is 0 Å². The quantitative estimate of drug-likeness (QED) is 0.231. The molecule has 5 aromatic carbocycles. The zero-order valence-corrected chi connectivity index (χ0v) is 23.2. The van der Waals surface area contributed by atoms with Gasteiger partial charge in [-0.2, -0.15) is 0 Å². The van der Waals surface area contributed by atoms with Gasteiger partial charge in [-0.3, -0.25) is 0 Å². The van der Waals surface area contributed by atoms with Gasteiger partial charge in [0.25, 0.3) is 0 Å². The molecule has 0 saturated carbocycles. The highest BCUT2D eigenvalue weighted by Gasteiger charge is 2.38. The largest absolute Gasteiger partial charge is 0.208 e. The average molecular weight is 528 g/mol. The summed E-state index contributed by atoms with van der Waals surface area (Å²) in [5.41, 5.74) is 14.1. The van der Waals surface area contributed by atoms with Crippen LogP contribution in [0.1, 0.15) is 36.1 Å². The lowest BCUT2D eigenvalue weighted by Gasteiger charge is -2.26. The Morgan fingerprint density at radius 3 is 1.73 bits per heavy atom. The number of hydrogen-bond donors (Lipinski definition) is 0. The minimum atomic E-state index is -0.00886. The van der Waals surface area contributed by atoms with Gasteiger partial charge in [0.2, 0.25) is 0 Å². The third-order valence-corrected chi connectivity index (χ3v) is 8.83. The molecule has 0 aliphatic heterocycles. The van der Waals surface area contributed by atoms with Crippen molar-refractivity contribution >= 4 is 0 Å². The fourth-order valence-corrected chi connectivity index (χ4v) is 6.74. The topological polar surface area (TPSA) is 38.7 Å². The maximum absolute atomic E-state index is 4.98. The van der Waals surface area contributed by atoms with Gasteiger partial charge >= 0.3 is 0 Å². The van der Waals surface area contributed by atoms with Crippen LogP contribution < -0.4 is 0 Å². The highest BCUT2D eigenvalue weighted by Crippen LogP contribution is 2.54. The van der Waals surface area contributed by atoms with E-state index in [1.807, 2.05) is 36.4 Å². The second-order valence-corrected chi connectivity index (χ2v) is 11.6. The summed E-state index contributed by atoms with van der Waals surface area (Å²) >= 11 is 0. The Morgan fingerprint density at radius 2 is 1.05 bits per heavy atom. The summed E-state index contributed by atoms with van der Waals surface area (Å²) in [5.74, 6) is 2.08. The van der Waals surface area contributed by atoms with E-state index in [9.17, 15) is 0 Å². The lowest BCUT2D eigenvalue weighted by atomic mass is 9.78. The fourth-order valence-electron chi connectivity index (χ4n) is 6.74. The first kappa shape index (κ1) is 24.0. The smallest absolute Gasteiger partial charge is 0.164 e. The van der Waals surface area contributed by atoms with Crippen molar-refractivity contribution in [1.82, 2.24) is 15.0 Å². The van der Waals surface area contributed by atoms with Crippen molar-refractivity contribution in [2.45, 2.75) is 32.1 Å². The Bertz CT molecular complexity index is 1900. The summed E-state index contributed by atoms with van der Waals surface area (Å²) in [6, 6.07) is 40.8. The lowest BCUT2D eigenvalue weighted by molar-refractivity contribution is 0.660. The zero-order chi connectivity index (χ0) is 27.6. The van der Waals surface area contributed by atoms with E-state index in [-0.39, 0.29) is 5.41 Å². The van der Waals surface area contributed by atoms with Gasteiger partial charge in [-0.05, 0) is 63.4 Å². The van der Waals surface area contributed by atoms with Crippen LogP contribution in [-0.2, 0) is 18.3 Å². The van der Waals surface area contributed by atoms with Crippen molar-refractivity contribution in [2.75, 3.05) is 0 Å². The number of benzene rings is 5. The van der Waals surface area contributed by atoms with Gasteiger partial charge in [0.1, 0.15) is 0 Å². The number of rotatable bonds is 3. The Labute approximate surface area is 240 Å². The molecule has 0 radical (unpaired) electrons. The summed E-state index contributed by atoms with van der Waals surface area (Å²) in [4.78, 5) is 14.8. The van der Waals surface area contributed by atoms with Crippen molar-refractivity contribution in [3.8, 4) is 56.4 Å².